The van der Waals surface area contributed by atoms with Crippen LogP contribution in [-0.4, -0.2) is 26.2 Å². The molecular formula is C18H21NO4. The molecule has 0 bridgehead atoms. The van der Waals surface area contributed by atoms with Crippen LogP contribution in [0.1, 0.15) is 24.2 Å². The molecule has 5 nitrogen and oxygen atoms in total. The third-order valence-corrected chi connectivity index (χ3v) is 3.13. The number of carbonyl (C=O) groups excluding carboxylic acids is 1. The molecule has 0 saturated heterocycles. The van der Waals surface area contributed by atoms with Crippen LogP contribution in [0.25, 0.3) is 0 Å². The molecule has 122 valence electrons. The second kappa shape index (κ2) is 8.08. The second-order valence-corrected chi connectivity index (χ2v) is 4.71. The number of methoxy groups -OCH3 is 1. The lowest BCUT2D eigenvalue weighted by molar-refractivity contribution is 0.102. The summed E-state index contributed by atoms with van der Waals surface area (Å²) in [6.45, 7) is 4.88. The van der Waals surface area contributed by atoms with Gasteiger partial charge in [0.1, 0.15) is 5.75 Å². The van der Waals surface area contributed by atoms with Crippen molar-refractivity contribution in [3.05, 3.63) is 48.0 Å². The van der Waals surface area contributed by atoms with E-state index in [2.05, 4.69) is 5.32 Å². The summed E-state index contributed by atoms with van der Waals surface area (Å²) >= 11 is 0. The van der Waals surface area contributed by atoms with Crippen molar-refractivity contribution in [3.8, 4) is 17.2 Å². The molecule has 0 aliphatic rings. The van der Waals surface area contributed by atoms with Crippen LogP contribution in [0, 0.1) is 0 Å². The summed E-state index contributed by atoms with van der Waals surface area (Å²) in [5, 5.41) is 2.85. The van der Waals surface area contributed by atoms with Crippen LogP contribution in [0.2, 0.25) is 0 Å². The molecule has 0 unspecified atom stereocenters. The molecule has 2 aromatic carbocycles. The molecule has 23 heavy (non-hydrogen) atoms. The Kier molecular flexibility index (Phi) is 5.86. The molecule has 2 rings (SSSR count). The summed E-state index contributed by atoms with van der Waals surface area (Å²) < 4.78 is 16.2. The number of carbonyl (C=O) groups is 1. The van der Waals surface area contributed by atoms with Crippen molar-refractivity contribution >= 4 is 11.6 Å². The fraction of sp³-hybridized carbons (Fsp3) is 0.278. The maximum Gasteiger partial charge on any atom is 0.255 e. The number of anilines is 1. The maximum atomic E-state index is 12.3. The Balaban J connectivity index is 2.18. The summed E-state index contributed by atoms with van der Waals surface area (Å²) in [5.41, 5.74) is 1.17. The van der Waals surface area contributed by atoms with Crippen molar-refractivity contribution in [3.63, 3.8) is 0 Å². The highest BCUT2D eigenvalue weighted by Crippen LogP contribution is 2.30. The molecule has 0 heterocycles. The van der Waals surface area contributed by atoms with Crippen LogP contribution < -0.4 is 19.5 Å². The first-order chi connectivity index (χ1) is 11.2. The molecule has 2 aromatic rings. The average Bonchev–Trinajstić information content (AvgIpc) is 2.57. The van der Waals surface area contributed by atoms with Gasteiger partial charge in [-0.25, -0.2) is 0 Å². The topological polar surface area (TPSA) is 56.8 Å². The number of ether oxygens (including phenoxy) is 3. The highest BCUT2D eigenvalue weighted by molar-refractivity contribution is 6.04. The number of hydrogen-bond acceptors (Lipinski definition) is 4. The molecule has 0 saturated carbocycles. The van der Waals surface area contributed by atoms with Gasteiger partial charge in [-0.15, -0.1) is 0 Å². The Morgan fingerprint density at radius 3 is 2.43 bits per heavy atom. The van der Waals surface area contributed by atoms with Crippen LogP contribution in [0.15, 0.2) is 42.5 Å². The van der Waals surface area contributed by atoms with E-state index in [1.807, 2.05) is 13.8 Å². The van der Waals surface area contributed by atoms with E-state index < -0.39 is 0 Å². The molecule has 0 aromatic heterocycles. The standard InChI is InChI=1S/C18H21NO4/c1-4-22-16-10-9-14(12-17(16)23-5-2)19-18(20)13-7-6-8-15(11-13)21-3/h6-12H,4-5H2,1-3H3,(H,19,20). The van der Waals surface area contributed by atoms with E-state index >= 15 is 0 Å². The molecular weight excluding hydrogens is 294 g/mol. The van der Waals surface area contributed by atoms with Gasteiger partial charge in [0.15, 0.2) is 11.5 Å². The van der Waals surface area contributed by atoms with E-state index in [1.54, 1.807) is 49.6 Å². The van der Waals surface area contributed by atoms with E-state index in [9.17, 15) is 4.79 Å². The zero-order valence-corrected chi connectivity index (χ0v) is 13.6. The van der Waals surface area contributed by atoms with Gasteiger partial charge in [-0.3, -0.25) is 4.79 Å². The molecule has 0 fully saturated rings. The van der Waals surface area contributed by atoms with E-state index in [4.69, 9.17) is 14.2 Å². The Morgan fingerprint density at radius 2 is 1.74 bits per heavy atom. The van der Waals surface area contributed by atoms with Gasteiger partial charge in [-0.05, 0) is 44.2 Å². The van der Waals surface area contributed by atoms with Crippen LogP contribution in [0.5, 0.6) is 17.2 Å². The van der Waals surface area contributed by atoms with Crippen LogP contribution >= 0.6 is 0 Å². The van der Waals surface area contributed by atoms with Crippen LogP contribution in [0.4, 0.5) is 5.69 Å². The molecule has 0 atom stereocenters. The van der Waals surface area contributed by atoms with Crippen LogP contribution in [-0.2, 0) is 0 Å². The lowest BCUT2D eigenvalue weighted by Gasteiger charge is -2.13. The molecule has 1 amide bonds. The first-order valence-electron chi connectivity index (χ1n) is 7.53. The smallest absolute Gasteiger partial charge is 0.255 e. The highest BCUT2D eigenvalue weighted by Gasteiger charge is 2.10. The lowest BCUT2D eigenvalue weighted by atomic mass is 10.2. The van der Waals surface area contributed by atoms with Crippen molar-refractivity contribution in [1.29, 1.82) is 0 Å². The van der Waals surface area contributed by atoms with Gasteiger partial charge in [0.05, 0.1) is 20.3 Å². The Bertz CT molecular complexity index is 670. The predicted octanol–water partition coefficient (Wildman–Crippen LogP) is 3.74. The largest absolute Gasteiger partial charge is 0.497 e. The van der Waals surface area contributed by atoms with Crippen molar-refractivity contribution in [2.24, 2.45) is 0 Å². The molecule has 0 aliphatic carbocycles. The predicted molar refractivity (Wildman–Crippen MR) is 89.7 cm³/mol. The Hall–Kier alpha value is -2.69. The number of rotatable bonds is 7. The van der Waals surface area contributed by atoms with E-state index in [0.29, 0.717) is 41.7 Å². The quantitative estimate of drug-likeness (QED) is 0.845. The Morgan fingerprint density at radius 1 is 1.00 bits per heavy atom. The minimum atomic E-state index is -0.212. The number of amides is 1. The third-order valence-electron chi connectivity index (χ3n) is 3.13. The van der Waals surface area contributed by atoms with E-state index in [0.717, 1.165) is 0 Å². The monoisotopic (exact) mass is 315 g/mol. The number of hydrogen-bond donors (Lipinski definition) is 1. The van der Waals surface area contributed by atoms with Crippen molar-refractivity contribution in [1.82, 2.24) is 0 Å². The zero-order valence-electron chi connectivity index (χ0n) is 13.6. The van der Waals surface area contributed by atoms with Gasteiger partial charge in [-0.1, -0.05) is 6.07 Å². The minimum absolute atomic E-state index is 0.212. The SMILES string of the molecule is CCOc1ccc(NC(=O)c2cccc(OC)c2)cc1OCC. The molecule has 5 heteroatoms. The van der Waals surface area contributed by atoms with Gasteiger partial charge in [0, 0.05) is 17.3 Å². The lowest BCUT2D eigenvalue weighted by Crippen LogP contribution is -2.12. The third kappa shape index (κ3) is 4.39. The second-order valence-electron chi connectivity index (χ2n) is 4.71. The molecule has 0 spiro atoms. The number of benzene rings is 2. The summed E-state index contributed by atoms with van der Waals surface area (Å²) in [4.78, 5) is 12.3. The van der Waals surface area contributed by atoms with Gasteiger partial charge in [0.25, 0.3) is 5.91 Å². The van der Waals surface area contributed by atoms with Gasteiger partial charge in [0.2, 0.25) is 0 Å². The summed E-state index contributed by atoms with van der Waals surface area (Å²) in [7, 11) is 1.57. The summed E-state index contributed by atoms with van der Waals surface area (Å²) in [6.07, 6.45) is 0. The van der Waals surface area contributed by atoms with Crippen molar-refractivity contribution in [2.45, 2.75) is 13.8 Å². The molecule has 0 radical (unpaired) electrons. The highest BCUT2D eigenvalue weighted by atomic mass is 16.5. The normalized spacial score (nSPS) is 10.0. The first-order valence-corrected chi connectivity index (χ1v) is 7.53. The maximum absolute atomic E-state index is 12.3. The fourth-order valence-electron chi connectivity index (χ4n) is 2.10. The van der Waals surface area contributed by atoms with Crippen molar-refractivity contribution in [2.75, 3.05) is 25.6 Å². The first kappa shape index (κ1) is 16.7. The molecule has 1 N–H and O–H groups in total. The van der Waals surface area contributed by atoms with Gasteiger partial charge < -0.3 is 19.5 Å². The fourth-order valence-corrected chi connectivity index (χ4v) is 2.10. The zero-order chi connectivity index (χ0) is 16.7. The van der Waals surface area contributed by atoms with E-state index in [1.165, 1.54) is 0 Å². The Labute approximate surface area is 136 Å². The van der Waals surface area contributed by atoms with Crippen LogP contribution in [0.3, 0.4) is 0 Å². The number of nitrogens with one attached hydrogen (secondary N) is 1. The van der Waals surface area contributed by atoms with Crippen molar-refractivity contribution < 1.29 is 19.0 Å². The van der Waals surface area contributed by atoms with Gasteiger partial charge >= 0.3 is 0 Å². The van der Waals surface area contributed by atoms with Gasteiger partial charge in [-0.2, -0.15) is 0 Å². The summed E-state index contributed by atoms with van der Waals surface area (Å²) in [6, 6.07) is 12.3. The van der Waals surface area contributed by atoms with E-state index in [-0.39, 0.29) is 5.91 Å². The average molecular weight is 315 g/mol. The minimum Gasteiger partial charge on any atom is -0.497 e. The molecule has 0 aliphatic heterocycles. The summed E-state index contributed by atoms with van der Waals surface area (Å²) in [5.74, 6) is 1.70.